The van der Waals surface area contributed by atoms with E-state index in [-0.39, 0.29) is 62.0 Å². The summed E-state index contributed by atoms with van der Waals surface area (Å²) in [7, 11) is 0. The van der Waals surface area contributed by atoms with Gasteiger partial charge in [0.2, 0.25) is 0 Å². The Morgan fingerprint density at radius 2 is 0.973 bits per heavy atom. The van der Waals surface area contributed by atoms with E-state index in [1.807, 2.05) is 0 Å². The normalized spacial score (nSPS) is 17.1. The lowest BCUT2D eigenvalue weighted by Crippen LogP contribution is -1.91. The molecule has 0 amide bonds. The molecule has 7 aromatic carbocycles. The Morgan fingerprint density at radius 3 is 1.68 bits per heavy atom. The summed E-state index contributed by atoms with van der Waals surface area (Å²) < 4.78 is 128. The topological polar surface area (TPSA) is 13.1 Å². The number of benzene rings is 7. The van der Waals surface area contributed by atoms with Crippen LogP contribution in [0.2, 0.25) is 0 Å². The fourth-order valence-electron chi connectivity index (χ4n) is 5.00. The molecule has 172 valence electrons. The maximum Gasteiger partial charge on any atom is 0.135 e. The molecule has 0 saturated heterocycles. The minimum Gasteiger partial charge on any atom is -0.456 e. The monoisotopic (exact) mass is 484 g/mol. The van der Waals surface area contributed by atoms with Gasteiger partial charge in [0.15, 0.2) is 0 Å². The Morgan fingerprint density at radius 1 is 0.432 bits per heavy atom. The van der Waals surface area contributed by atoms with E-state index in [4.69, 9.17) is 20.9 Å². The van der Waals surface area contributed by atoms with Crippen molar-refractivity contribution in [3.63, 3.8) is 0 Å². The molecular weight excluding hydrogens is 448 g/mol. The molecule has 1 nitrogen and oxygen atoms in total. The fourth-order valence-corrected chi connectivity index (χ4v) is 5.00. The molecule has 0 atom stereocenters. The number of hydrogen-bond donors (Lipinski definition) is 0. The van der Waals surface area contributed by atoms with Gasteiger partial charge < -0.3 is 4.42 Å². The van der Waals surface area contributed by atoms with Crippen molar-refractivity contribution in [2.45, 2.75) is 0 Å². The third kappa shape index (κ3) is 3.04. The van der Waals surface area contributed by atoms with Crippen molar-refractivity contribution in [3.05, 3.63) is 133 Å². The summed E-state index contributed by atoms with van der Waals surface area (Å²) in [4.78, 5) is 0. The third-order valence-corrected chi connectivity index (χ3v) is 6.57. The van der Waals surface area contributed by atoms with Gasteiger partial charge in [0.05, 0.1) is 19.2 Å². The van der Waals surface area contributed by atoms with Crippen LogP contribution in [0.4, 0.5) is 0 Å². The van der Waals surface area contributed by atoms with Gasteiger partial charge in [0.25, 0.3) is 0 Å². The van der Waals surface area contributed by atoms with E-state index in [0.717, 1.165) is 0 Å². The van der Waals surface area contributed by atoms with E-state index in [0.29, 0.717) is 32.7 Å². The second-order valence-corrected chi connectivity index (χ2v) is 8.60. The molecule has 0 aliphatic carbocycles. The molecule has 0 fully saturated rings. The molecule has 8 aromatic rings. The van der Waals surface area contributed by atoms with Crippen LogP contribution in [0.15, 0.2) is 138 Å². The number of hydrogen-bond acceptors (Lipinski definition) is 1. The Hall–Kier alpha value is -4.88. The number of para-hydroxylation sites is 1. The van der Waals surface area contributed by atoms with Crippen LogP contribution in [-0.2, 0) is 0 Å². The predicted octanol–water partition coefficient (Wildman–Crippen LogP) is 10.4. The van der Waals surface area contributed by atoms with E-state index in [1.165, 1.54) is 0 Å². The van der Waals surface area contributed by atoms with E-state index in [9.17, 15) is 2.74 Å². The zero-order chi connectivity index (χ0) is 36.5. The highest BCUT2D eigenvalue weighted by Gasteiger charge is 2.17. The highest BCUT2D eigenvalue weighted by atomic mass is 16.3. The lowest BCUT2D eigenvalue weighted by molar-refractivity contribution is 0.669. The smallest absolute Gasteiger partial charge is 0.135 e. The summed E-state index contributed by atoms with van der Waals surface area (Å²) in [6.07, 6.45) is 0. The van der Waals surface area contributed by atoms with Crippen LogP contribution >= 0.6 is 0 Å². The van der Waals surface area contributed by atoms with Gasteiger partial charge in [-0.25, -0.2) is 0 Å². The first-order valence-corrected chi connectivity index (χ1v) is 11.6. The van der Waals surface area contributed by atoms with Gasteiger partial charge in [0, 0.05) is 10.8 Å². The standard InChI is InChI=1S/C36H22O/c1-2-10-24-21-25(18-17-23(24)9-1)35-28-12-3-5-14-30(28)36(31-15-6-4-13-29(31)35)26-19-20-34-32(22-26)27-11-7-8-16-33(27)37-34/h1-22H/i1D,2D,7D,8D,9D,10D,11D,16D,17D,18D,19D,20D,21D,22D. The van der Waals surface area contributed by atoms with Crippen molar-refractivity contribution in [1.29, 1.82) is 0 Å². The molecule has 1 heteroatoms. The van der Waals surface area contributed by atoms with Crippen molar-refractivity contribution in [1.82, 2.24) is 0 Å². The zero-order valence-corrected chi connectivity index (χ0v) is 19.0. The van der Waals surface area contributed by atoms with Gasteiger partial charge in [-0.15, -0.1) is 0 Å². The van der Waals surface area contributed by atoms with Crippen molar-refractivity contribution < 1.29 is 23.6 Å². The molecule has 0 aliphatic heterocycles. The molecule has 0 unspecified atom stereocenters. The Balaban J connectivity index is 1.58. The summed E-state index contributed by atoms with van der Waals surface area (Å²) in [5.41, 5.74) is 0.177. The second-order valence-electron chi connectivity index (χ2n) is 8.60. The van der Waals surface area contributed by atoms with Gasteiger partial charge in [-0.3, -0.25) is 0 Å². The average Bonchev–Trinajstić information content (AvgIpc) is 3.54. The van der Waals surface area contributed by atoms with Gasteiger partial charge >= 0.3 is 0 Å². The molecule has 0 bridgehead atoms. The predicted molar refractivity (Wildman–Crippen MR) is 157 cm³/mol. The maximum absolute atomic E-state index is 9.47. The first-order chi connectivity index (χ1) is 24.2. The number of furan rings is 1. The van der Waals surface area contributed by atoms with E-state index in [1.54, 1.807) is 48.5 Å². The summed E-state index contributed by atoms with van der Waals surface area (Å²) >= 11 is 0. The molecule has 1 heterocycles. The average molecular weight is 485 g/mol. The van der Waals surface area contributed by atoms with E-state index >= 15 is 0 Å². The van der Waals surface area contributed by atoms with Gasteiger partial charge in [-0.1, -0.05) is 109 Å². The summed E-state index contributed by atoms with van der Waals surface area (Å²) in [5.74, 6) is 0. The summed E-state index contributed by atoms with van der Waals surface area (Å²) in [6, 6.07) is 7.22. The molecule has 8 rings (SSSR count). The van der Waals surface area contributed by atoms with E-state index in [2.05, 4.69) is 0 Å². The van der Waals surface area contributed by atoms with Crippen molar-refractivity contribution >= 4 is 54.3 Å². The molecule has 0 radical (unpaired) electrons. The van der Waals surface area contributed by atoms with Gasteiger partial charge in [-0.05, 0) is 78.7 Å². The maximum atomic E-state index is 9.47. The van der Waals surface area contributed by atoms with E-state index < -0.39 is 66.5 Å². The highest BCUT2D eigenvalue weighted by molar-refractivity contribution is 6.22. The highest BCUT2D eigenvalue weighted by Crippen LogP contribution is 2.45. The Labute approximate surface area is 233 Å². The SMILES string of the molecule is [2H]c1c([2H])c([2H])c2c(oc3c([2H])c([2H])c(-c4c5ccccc5c(-c5c([2H])c([2H])c6c([2H])c([2H])c([2H])c([2H])c6c5[2H])c5ccccc45)c([2H])c32)c1[2H]. The summed E-state index contributed by atoms with van der Waals surface area (Å²) in [5, 5.41) is 1.22. The number of rotatable bonds is 2. The van der Waals surface area contributed by atoms with Crippen LogP contribution in [0.25, 0.3) is 76.5 Å². The number of fused-ring (bicyclic) bond motifs is 6. The van der Waals surface area contributed by atoms with Crippen LogP contribution in [0.1, 0.15) is 19.2 Å². The Kier molecular flexibility index (Phi) is 2.33. The van der Waals surface area contributed by atoms with Crippen LogP contribution in [0.3, 0.4) is 0 Å². The van der Waals surface area contributed by atoms with Crippen LogP contribution in [0, 0.1) is 0 Å². The van der Waals surface area contributed by atoms with Crippen LogP contribution in [-0.4, -0.2) is 0 Å². The fraction of sp³-hybridized carbons (Fsp3) is 0. The molecule has 0 N–H and O–H groups in total. The lowest BCUT2D eigenvalue weighted by Gasteiger charge is -2.18. The van der Waals surface area contributed by atoms with Crippen molar-refractivity contribution in [2.75, 3.05) is 0 Å². The van der Waals surface area contributed by atoms with Crippen LogP contribution < -0.4 is 0 Å². The minimum atomic E-state index is -0.572. The largest absolute Gasteiger partial charge is 0.456 e. The second kappa shape index (κ2) is 7.81. The van der Waals surface area contributed by atoms with Gasteiger partial charge in [0.1, 0.15) is 11.2 Å². The third-order valence-electron chi connectivity index (χ3n) is 6.57. The quantitative estimate of drug-likeness (QED) is 0.222. The molecule has 0 saturated carbocycles. The molecular formula is C36H22O. The summed E-state index contributed by atoms with van der Waals surface area (Å²) in [6.45, 7) is 0. The Bertz CT molecular complexity index is 2850. The molecule has 0 aliphatic rings. The molecule has 1 aromatic heterocycles. The minimum absolute atomic E-state index is 0.00689. The first kappa shape index (κ1) is 11.0. The molecule has 0 spiro atoms. The first-order valence-electron chi connectivity index (χ1n) is 18.6. The lowest BCUT2D eigenvalue weighted by atomic mass is 9.85. The molecule has 37 heavy (non-hydrogen) atoms. The zero-order valence-electron chi connectivity index (χ0n) is 33.0. The van der Waals surface area contributed by atoms with Crippen molar-refractivity contribution in [2.24, 2.45) is 0 Å². The van der Waals surface area contributed by atoms with Crippen molar-refractivity contribution in [3.8, 4) is 22.3 Å². The van der Waals surface area contributed by atoms with Crippen LogP contribution in [0.5, 0.6) is 0 Å². The van der Waals surface area contributed by atoms with Gasteiger partial charge in [-0.2, -0.15) is 0 Å².